The maximum atomic E-state index is 13.5. The first-order valence-electron chi connectivity index (χ1n) is 10.8. The number of Topliss-reactive ketones (excluding diaryl/α,β-unsaturated/α-hetero) is 3. The number of aryl methyl sites for hydroxylation is 2. The molecule has 6 rings (SSSR count). The van der Waals surface area contributed by atoms with Crippen LogP contribution in [0.15, 0.2) is 38.7 Å². The first-order valence-corrected chi connectivity index (χ1v) is 10.8. The second-order valence-corrected chi connectivity index (χ2v) is 8.67. The van der Waals surface area contributed by atoms with Gasteiger partial charge in [-0.3, -0.25) is 14.4 Å². The fraction of sp³-hybridized carbons (Fsp3) is 0.200. The minimum Gasteiger partial charge on any atom is -0.507 e. The fourth-order valence-corrected chi connectivity index (χ4v) is 4.95. The van der Waals surface area contributed by atoms with Crippen LogP contribution in [0.5, 0.6) is 28.7 Å². The number of methoxy groups -OCH3 is 1. The van der Waals surface area contributed by atoms with Crippen LogP contribution >= 0.6 is 0 Å². The summed E-state index contributed by atoms with van der Waals surface area (Å²) in [6, 6.07) is 4.13. The molecule has 11 heteroatoms. The molecule has 2 aromatic carbocycles. The molecule has 3 aromatic rings. The van der Waals surface area contributed by atoms with Crippen molar-refractivity contribution in [3.8, 4) is 28.7 Å². The van der Waals surface area contributed by atoms with Crippen LogP contribution in [0.4, 0.5) is 0 Å². The van der Waals surface area contributed by atoms with Crippen LogP contribution in [0.3, 0.4) is 0 Å². The molecule has 36 heavy (non-hydrogen) atoms. The molecule has 11 nitrogen and oxygen atoms in total. The number of hydrogen-bond acceptors (Lipinski definition) is 11. The molecular weight excluding hydrogens is 476 g/mol. The first-order chi connectivity index (χ1) is 17.1. The van der Waals surface area contributed by atoms with Gasteiger partial charge in [-0.15, -0.1) is 0 Å². The number of ketones is 3. The second-order valence-electron chi connectivity index (χ2n) is 8.67. The number of fused-ring (bicyclic) bond motifs is 3. The van der Waals surface area contributed by atoms with E-state index in [1.54, 1.807) is 19.1 Å². The van der Waals surface area contributed by atoms with Gasteiger partial charge in [0.1, 0.15) is 22.5 Å². The molecule has 3 heterocycles. The minimum atomic E-state index is -2.18. The van der Waals surface area contributed by atoms with Gasteiger partial charge < -0.3 is 33.9 Å². The maximum Gasteiger partial charge on any atom is 0.347 e. The zero-order valence-electron chi connectivity index (χ0n) is 18.8. The molecule has 3 aliphatic rings. The van der Waals surface area contributed by atoms with Gasteiger partial charge in [-0.2, -0.15) is 0 Å². The molecule has 3 N–H and O–H groups in total. The van der Waals surface area contributed by atoms with Crippen molar-refractivity contribution in [3.63, 3.8) is 0 Å². The number of hydrogen-bond donors (Lipinski definition) is 3. The molecule has 1 aliphatic carbocycles. The van der Waals surface area contributed by atoms with E-state index in [2.05, 4.69) is 0 Å². The SMILES string of the molecule is COc1cc(O)c2c(c1O)C(=O)C1=C(C2=O)C(=O)C2(CCc3cc4cc(C)oc(=O)c4c(O)c3O2)O1. The summed E-state index contributed by atoms with van der Waals surface area (Å²) in [4.78, 5) is 52.3. The molecule has 0 radical (unpaired) electrons. The van der Waals surface area contributed by atoms with Crippen molar-refractivity contribution in [3.05, 3.63) is 62.4 Å². The van der Waals surface area contributed by atoms with Crippen LogP contribution in [-0.4, -0.2) is 45.6 Å². The summed E-state index contributed by atoms with van der Waals surface area (Å²) in [6.07, 6.45) is -0.000541. The molecule has 2 aliphatic heterocycles. The van der Waals surface area contributed by atoms with E-state index >= 15 is 0 Å². The average molecular weight is 492 g/mol. The Hall–Kier alpha value is -4.80. The van der Waals surface area contributed by atoms with Gasteiger partial charge in [-0.25, -0.2) is 4.79 Å². The van der Waals surface area contributed by atoms with E-state index in [9.17, 15) is 34.5 Å². The van der Waals surface area contributed by atoms with Gasteiger partial charge in [0.05, 0.1) is 18.2 Å². The van der Waals surface area contributed by atoms with Crippen molar-refractivity contribution in [2.75, 3.05) is 7.11 Å². The van der Waals surface area contributed by atoms with Gasteiger partial charge in [0.25, 0.3) is 5.78 Å². The molecule has 1 spiro atoms. The zero-order chi connectivity index (χ0) is 25.7. The van der Waals surface area contributed by atoms with E-state index in [0.29, 0.717) is 16.7 Å². The molecule has 1 aromatic heterocycles. The smallest absolute Gasteiger partial charge is 0.347 e. The van der Waals surface area contributed by atoms with E-state index in [1.807, 2.05) is 0 Å². The lowest BCUT2D eigenvalue weighted by Crippen LogP contribution is -2.47. The van der Waals surface area contributed by atoms with Gasteiger partial charge >= 0.3 is 11.4 Å². The predicted octanol–water partition coefficient (Wildman–Crippen LogP) is 2.18. The molecule has 0 bridgehead atoms. The largest absolute Gasteiger partial charge is 0.507 e. The number of carbonyl (C=O) groups excluding carboxylic acids is 3. The van der Waals surface area contributed by atoms with Crippen LogP contribution in [0.1, 0.15) is 38.5 Å². The Bertz CT molecular complexity index is 1690. The third-order valence-corrected chi connectivity index (χ3v) is 6.59. The Labute approximate surface area is 200 Å². The summed E-state index contributed by atoms with van der Waals surface area (Å²) < 4.78 is 21.5. The Morgan fingerprint density at radius 2 is 1.69 bits per heavy atom. The molecule has 182 valence electrons. The van der Waals surface area contributed by atoms with Gasteiger partial charge in [0.15, 0.2) is 28.8 Å². The van der Waals surface area contributed by atoms with Crippen molar-refractivity contribution in [2.24, 2.45) is 0 Å². The summed E-state index contributed by atoms with van der Waals surface area (Å²) in [5.74, 6) is -7.97. The second kappa shape index (κ2) is 6.87. The Morgan fingerprint density at radius 1 is 0.944 bits per heavy atom. The third-order valence-electron chi connectivity index (χ3n) is 6.59. The minimum absolute atomic E-state index is 0.129. The quantitative estimate of drug-likeness (QED) is 0.336. The average Bonchev–Trinajstić information content (AvgIpc) is 3.11. The number of ether oxygens (including phenoxy) is 3. The Kier molecular flexibility index (Phi) is 4.15. The van der Waals surface area contributed by atoms with Crippen molar-refractivity contribution >= 4 is 28.1 Å². The molecule has 1 atom stereocenters. The molecule has 1 unspecified atom stereocenters. The summed E-state index contributed by atoms with van der Waals surface area (Å²) in [7, 11) is 1.19. The monoisotopic (exact) mass is 492 g/mol. The van der Waals surface area contributed by atoms with Gasteiger partial charge in [0, 0.05) is 12.5 Å². The summed E-state index contributed by atoms with van der Waals surface area (Å²) >= 11 is 0. The van der Waals surface area contributed by atoms with Crippen molar-refractivity contribution in [2.45, 2.75) is 25.6 Å². The van der Waals surface area contributed by atoms with E-state index in [1.165, 1.54) is 7.11 Å². The highest BCUT2D eigenvalue weighted by molar-refractivity contribution is 6.39. The normalized spacial score (nSPS) is 20.2. The van der Waals surface area contributed by atoms with E-state index in [-0.39, 0.29) is 29.7 Å². The van der Waals surface area contributed by atoms with Crippen LogP contribution in [0.25, 0.3) is 10.8 Å². The predicted molar refractivity (Wildman–Crippen MR) is 119 cm³/mol. The number of allylic oxidation sites excluding steroid dienone is 1. The number of aromatic hydroxyl groups is 3. The molecule has 0 amide bonds. The molecule has 0 saturated carbocycles. The summed E-state index contributed by atoms with van der Waals surface area (Å²) in [5, 5.41) is 31.9. The van der Waals surface area contributed by atoms with Crippen molar-refractivity contribution < 1.29 is 48.3 Å². The van der Waals surface area contributed by atoms with Gasteiger partial charge in [-0.1, -0.05) is 0 Å². The van der Waals surface area contributed by atoms with Gasteiger partial charge in [0.2, 0.25) is 11.6 Å². The Balaban J connectivity index is 1.47. The highest BCUT2D eigenvalue weighted by Crippen LogP contribution is 2.51. The standard InChI is InChI=1S/C25H16O11/c1-8-5-10-6-9-3-4-25(35-21(9)19(29)13(10)24(32)34-8)23(31)16-18(28)14-11(26)7-12(33-2)17(27)15(14)20(30)22(16)36-25/h5-7,26-27,29H,3-4H2,1-2H3. The van der Waals surface area contributed by atoms with E-state index in [0.717, 1.165) is 6.07 Å². The zero-order valence-corrected chi connectivity index (χ0v) is 18.8. The van der Waals surface area contributed by atoms with Crippen LogP contribution in [-0.2, 0) is 16.0 Å². The van der Waals surface area contributed by atoms with Crippen LogP contribution in [0, 0.1) is 6.92 Å². The van der Waals surface area contributed by atoms with Crippen molar-refractivity contribution in [1.29, 1.82) is 0 Å². The number of phenols is 3. The lowest BCUT2D eigenvalue weighted by Gasteiger charge is -2.34. The highest BCUT2D eigenvalue weighted by Gasteiger charge is 2.60. The molecular formula is C25H16O11. The highest BCUT2D eigenvalue weighted by atomic mass is 16.7. The van der Waals surface area contributed by atoms with Crippen LogP contribution in [0.2, 0.25) is 0 Å². The molecule has 0 fully saturated rings. The third kappa shape index (κ3) is 2.56. The van der Waals surface area contributed by atoms with Gasteiger partial charge in [-0.05, 0) is 36.4 Å². The number of carbonyl (C=O) groups is 3. The topological polar surface area (TPSA) is 170 Å². The first kappa shape index (κ1) is 21.7. The lowest BCUT2D eigenvalue weighted by molar-refractivity contribution is -0.171. The fourth-order valence-electron chi connectivity index (χ4n) is 4.95. The maximum absolute atomic E-state index is 13.5. The van der Waals surface area contributed by atoms with E-state index in [4.69, 9.17) is 18.6 Å². The van der Waals surface area contributed by atoms with E-state index < -0.39 is 68.5 Å². The Morgan fingerprint density at radius 3 is 2.42 bits per heavy atom. The van der Waals surface area contributed by atoms with Crippen LogP contribution < -0.4 is 15.1 Å². The molecule has 0 saturated heterocycles. The summed E-state index contributed by atoms with van der Waals surface area (Å²) in [5.41, 5.74) is -2.13. The number of rotatable bonds is 1. The van der Waals surface area contributed by atoms with Crippen molar-refractivity contribution in [1.82, 2.24) is 0 Å². The summed E-state index contributed by atoms with van der Waals surface area (Å²) in [6.45, 7) is 1.58. The number of phenolic OH excluding ortho intramolecular Hbond substituents is 3. The lowest BCUT2D eigenvalue weighted by atomic mass is 9.84. The number of benzene rings is 2.